The SMILES string of the molecule is CC(C)COc1cccc(NCC(=O)Nc2ccc3ccccc3c2)c1. The quantitative estimate of drug-likeness (QED) is 0.637. The van der Waals surface area contributed by atoms with Crippen LogP contribution in [0.25, 0.3) is 10.8 Å². The number of fused-ring (bicyclic) bond motifs is 1. The van der Waals surface area contributed by atoms with Gasteiger partial charge in [0.2, 0.25) is 5.91 Å². The van der Waals surface area contributed by atoms with Crippen molar-refractivity contribution in [3.8, 4) is 5.75 Å². The summed E-state index contributed by atoms with van der Waals surface area (Å²) in [6.45, 7) is 5.09. The van der Waals surface area contributed by atoms with Crippen LogP contribution in [0.2, 0.25) is 0 Å². The number of nitrogens with one attached hydrogen (secondary N) is 2. The summed E-state index contributed by atoms with van der Waals surface area (Å²) in [5, 5.41) is 8.32. The van der Waals surface area contributed by atoms with Gasteiger partial charge in [-0.2, -0.15) is 0 Å². The fraction of sp³-hybridized carbons (Fsp3) is 0.227. The molecule has 3 aromatic rings. The highest BCUT2D eigenvalue weighted by Gasteiger charge is 2.04. The normalized spacial score (nSPS) is 10.7. The molecule has 0 heterocycles. The molecule has 0 aliphatic rings. The van der Waals surface area contributed by atoms with Gasteiger partial charge in [-0.3, -0.25) is 4.79 Å². The zero-order valence-electron chi connectivity index (χ0n) is 15.2. The number of anilines is 2. The van der Waals surface area contributed by atoms with E-state index in [4.69, 9.17) is 4.74 Å². The Morgan fingerprint density at radius 3 is 2.54 bits per heavy atom. The Labute approximate surface area is 154 Å². The zero-order valence-corrected chi connectivity index (χ0v) is 15.2. The molecule has 4 heteroatoms. The maximum Gasteiger partial charge on any atom is 0.243 e. The number of carbonyl (C=O) groups is 1. The molecule has 0 spiro atoms. The average Bonchev–Trinajstić information content (AvgIpc) is 2.65. The first-order valence-electron chi connectivity index (χ1n) is 8.85. The highest BCUT2D eigenvalue weighted by atomic mass is 16.5. The molecule has 4 nitrogen and oxygen atoms in total. The molecule has 0 saturated carbocycles. The fourth-order valence-corrected chi connectivity index (χ4v) is 2.61. The van der Waals surface area contributed by atoms with E-state index in [1.54, 1.807) is 0 Å². The molecule has 0 bridgehead atoms. The topological polar surface area (TPSA) is 50.4 Å². The summed E-state index contributed by atoms with van der Waals surface area (Å²) in [4.78, 5) is 12.2. The molecule has 0 saturated heterocycles. The van der Waals surface area contributed by atoms with Gasteiger partial charge < -0.3 is 15.4 Å². The van der Waals surface area contributed by atoms with E-state index in [-0.39, 0.29) is 12.5 Å². The minimum atomic E-state index is -0.0891. The molecule has 134 valence electrons. The van der Waals surface area contributed by atoms with Gasteiger partial charge in [0.1, 0.15) is 5.75 Å². The van der Waals surface area contributed by atoms with Gasteiger partial charge in [0.15, 0.2) is 0 Å². The van der Waals surface area contributed by atoms with Crippen LogP contribution in [-0.4, -0.2) is 19.1 Å². The minimum absolute atomic E-state index is 0.0891. The van der Waals surface area contributed by atoms with Crippen molar-refractivity contribution in [3.63, 3.8) is 0 Å². The first-order chi connectivity index (χ1) is 12.6. The zero-order chi connectivity index (χ0) is 18.4. The molecular formula is C22H24N2O2. The summed E-state index contributed by atoms with van der Waals surface area (Å²) in [5.74, 6) is 1.19. The third-order valence-corrected chi connectivity index (χ3v) is 3.90. The van der Waals surface area contributed by atoms with Crippen LogP contribution in [0.4, 0.5) is 11.4 Å². The molecule has 0 atom stereocenters. The molecule has 0 aliphatic heterocycles. The van der Waals surface area contributed by atoms with Gasteiger partial charge >= 0.3 is 0 Å². The van der Waals surface area contributed by atoms with Crippen molar-refractivity contribution in [2.24, 2.45) is 5.92 Å². The second-order valence-corrected chi connectivity index (χ2v) is 6.70. The lowest BCUT2D eigenvalue weighted by molar-refractivity contribution is -0.114. The van der Waals surface area contributed by atoms with Crippen LogP contribution in [0.15, 0.2) is 66.7 Å². The molecular weight excluding hydrogens is 324 g/mol. The Morgan fingerprint density at radius 2 is 1.73 bits per heavy atom. The highest BCUT2D eigenvalue weighted by molar-refractivity contribution is 5.96. The summed E-state index contributed by atoms with van der Waals surface area (Å²) in [7, 11) is 0. The number of amides is 1. The largest absolute Gasteiger partial charge is 0.493 e. The van der Waals surface area contributed by atoms with Gasteiger partial charge in [-0.25, -0.2) is 0 Å². The number of ether oxygens (including phenoxy) is 1. The van der Waals surface area contributed by atoms with Crippen LogP contribution in [-0.2, 0) is 4.79 Å². The molecule has 0 aromatic heterocycles. The lowest BCUT2D eigenvalue weighted by atomic mass is 10.1. The second-order valence-electron chi connectivity index (χ2n) is 6.70. The van der Waals surface area contributed by atoms with Crippen molar-refractivity contribution in [1.82, 2.24) is 0 Å². The molecule has 0 radical (unpaired) electrons. The third kappa shape index (κ3) is 4.99. The number of benzene rings is 3. The molecule has 1 amide bonds. The fourth-order valence-electron chi connectivity index (χ4n) is 2.61. The van der Waals surface area contributed by atoms with Gasteiger partial charge in [0, 0.05) is 17.4 Å². The summed E-state index contributed by atoms with van der Waals surface area (Å²) in [5.41, 5.74) is 1.66. The van der Waals surface area contributed by atoms with E-state index < -0.39 is 0 Å². The van der Waals surface area contributed by atoms with Crippen LogP contribution >= 0.6 is 0 Å². The standard InChI is InChI=1S/C22H24N2O2/c1-16(2)15-26-21-9-5-8-19(13-21)23-14-22(25)24-20-11-10-17-6-3-4-7-18(17)12-20/h3-13,16,23H,14-15H2,1-2H3,(H,24,25). The van der Waals surface area contributed by atoms with Gasteiger partial charge in [-0.05, 0) is 41.0 Å². The third-order valence-electron chi connectivity index (χ3n) is 3.90. The molecule has 3 aromatic carbocycles. The van der Waals surface area contributed by atoms with Crippen LogP contribution in [0.1, 0.15) is 13.8 Å². The van der Waals surface area contributed by atoms with E-state index in [9.17, 15) is 4.79 Å². The predicted molar refractivity (Wildman–Crippen MR) is 108 cm³/mol. The predicted octanol–water partition coefficient (Wildman–Crippen LogP) is 4.93. The van der Waals surface area contributed by atoms with Crippen LogP contribution in [0.3, 0.4) is 0 Å². The summed E-state index contributed by atoms with van der Waals surface area (Å²) >= 11 is 0. The highest BCUT2D eigenvalue weighted by Crippen LogP contribution is 2.20. The van der Waals surface area contributed by atoms with Crippen molar-refractivity contribution in [2.75, 3.05) is 23.8 Å². The molecule has 0 unspecified atom stereocenters. The smallest absolute Gasteiger partial charge is 0.243 e. The van der Waals surface area contributed by atoms with Gasteiger partial charge in [0.05, 0.1) is 13.2 Å². The van der Waals surface area contributed by atoms with E-state index in [1.807, 2.05) is 60.7 Å². The lowest BCUT2D eigenvalue weighted by Gasteiger charge is -2.11. The van der Waals surface area contributed by atoms with Crippen LogP contribution < -0.4 is 15.4 Å². The van der Waals surface area contributed by atoms with Crippen molar-refractivity contribution in [3.05, 3.63) is 66.7 Å². The maximum absolute atomic E-state index is 12.2. The summed E-state index contributed by atoms with van der Waals surface area (Å²) < 4.78 is 5.71. The van der Waals surface area contributed by atoms with Crippen LogP contribution in [0.5, 0.6) is 5.75 Å². The Hall–Kier alpha value is -3.01. The second kappa shape index (κ2) is 8.39. The van der Waals surface area contributed by atoms with E-state index in [1.165, 1.54) is 0 Å². The Morgan fingerprint density at radius 1 is 0.923 bits per heavy atom. The van der Waals surface area contributed by atoms with E-state index in [0.717, 1.165) is 27.9 Å². The number of hydrogen-bond acceptors (Lipinski definition) is 3. The molecule has 26 heavy (non-hydrogen) atoms. The van der Waals surface area contributed by atoms with E-state index >= 15 is 0 Å². The molecule has 0 aliphatic carbocycles. The summed E-state index contributed by atoms with van der Waals surface area (Å²) in [6.07, 6.45) is 0. The maximum atomic E-state index is 12.2. The Kier molecular flexibility index (Phi) is 5.74. The molecule has 2 N–H and O–H groups in total. The monoisotopic (exact) mass is 348 g/mol. The van der Waals surface area contributed by atoms with Crippen molar-refractivity contribution >= 4 is 28.1 Å². The van der Waals surface area contributed by atoms with Crippen molar-refractivity contribution in [2.45, 2.75) is 13.8 Å². The lowest BCUT2D eigenvalue weighted by Crippen LogP contribution is -2.21. The number of rotatable bonds is 7. The summed E-state index contributed by atoms with van der Waals surface area (Å²) in [6, 6.07) is 21.7. The van der Waals surface area contributed by atoms with Gasteiger partial charge in [-0.15, -0.1) is 0 Å². The van der Waals surface area contributed by atoms with Gasteiger partial charge in [-0.1, -0.05) is 50.2 Å². The van der Waals surface area contributed by atoms with E-state index in [0.29, 0.717) is 12.5 Å². The average molecular weight is 348 g/mol. The van der Waals surface area contributed by atoms with Gasteiger partial charge in [0.25, 0.3) is 0 Å². The molecule has 0 fully saturated rings. The van der Waals surface area contributed by atoms with E-state index in [2.05, 4.69) is 30.5 Å². The van der Waals surface area contributed by atoms with Crippen molar-refractivity contribution < 1.29 is 9.53 Å². The minimum Gasteiger partial charge on any atom is -0.493 e. The van der Waals surface area contributed by atoms with Crippen LogP contribution in [0, 0.1) is 5.92 Å². The first-order valence-corrected chi connectivity index (χ1v) is 8.85. The number of hydrogen-bond donors (Lipinski definition) is 2. The Balaban J connectivity index is 1.55. The van der Waals surface area contributed by atoms with Crippen molar-refractivity contribution in [1.29, 1.82) is 0 Å². The Bertz CT molecular complexity index is 890. The first kappa shape index (κ1) is 17.8. The molecule has 3 rings (SSSR count). The number of carbonyl (C=O) groups excluding carboxylic acids is 1.